The highest BCUT2D eigenvalue weighted by Gasteiger charge is 2.35. The molecule has 0 bridgehead atoms. The van der Waals surface area contributed by atoms with Crippen molar-refractivity contribution in [1.29, 1.82) is 0 Å². The topological polar surface area (TPSA) is 3.24 Å². The Morgan fingerprint density at radius 1 is 0.317 bits per heavy atom. The Labute approximate surface area is 352 Å². The van der Waals surface area contributed by atoms with E-state index >= 15 is 0 Å². The maximum Gasteiger partial charge on any atom is 0.0546 e. The van der Waals surface area contributed by atoms with Gasteiger partial charge in [-0.05, 0) is 125 Å². The Morgan fingerprint density at radius 2 is 0.817 bits per heavy atom. The lowest BCUT2D eigenvalue weighted by Crippen LogP contribution is -2.15. The molecule has 0 saturated heterocycles. The summed E-state index contributed by atoms with van der Waals surface area (Å²) in [6.45, 7) is 4.74. The minimum Gasteiger partial charge on any atom is -0.310 e. The summed E-state index contributed by atoms with van der Waals surface area (Å²) in [6, 6.07) is 82.5. The van der Waals surface area contributed by atoms with Crippen molar-refractivity contribution in [1.82, 2.24) is 0 Å². The molecule has 1 aliphatic carbocycles. The van der Waals surface area contributed by atoms with Crippen LogP contribution in [-0.4, -0.2) is 0 Å². The lowest BCUT2D eigenvalue weighted by Gasteiger charge is -2.30. The number of rotatable bonds is 7. The minimum absolute atomic E-state index is 0.123. The largest absolute Gasteiger partial charge is 0.310 e. The lowest BCUT2D eigenvalue weighted by atomic mass is 9.81. The van der Waals surface area contributed by atoms with Gasteiger partial charge in [0.15, 0.2) is 0 Å². The van der Waals surface area contributed by atoms with Gasteiger partial charge in [-0.15, -0.1) is 0 Å². The van der Waals surface area contributed by atoms with E-state index in [0.717, 1.165) is 17.1 Å². The van der Waals surface area contributed by atoms with Crippen molar-refractivity contribution in [3.8, 4) is 55.6 Å². The van der Waals surface area contributed by atoms with Crippen LogP contribution in [0.5, 0.6) is 0 Å². The van der Waals surface area contributed by atoms with Crippen LogP contribution in [0.25, 0.3) is 77.2 Å². The van der Waals surface area contributed by atoms with E-state index < -0.39 is 0 Å². The zero-order chi connectivity index (χ0) is 40.2. The molecule has 60 heavy (non-hydrogen) atoms. The summed E-state index contributed by atoms with van der Waals surface area (Å²) in [5.41, 5.74) is 18.2. The van der Waals surface area contributed by atoms with Crippen molar-refractivity contribution < 1.29 is 0 Å². The van der Waals surface area contributed by atoms with Crippen LogP contribution in [0.4, 0.5) is 17.1 Å². The fourth-order valence-corrected chi connectivity index (χ4v) is 9.68. The van der Waals surface area contributed by atoms with Gasteiger partial charge in [0.2, 0.25) is 0 Å². The zero-order valence-corrected chi connectivity index (χ0v) is 33.8. The molecule has 11 rings (SSSR count). The highest BCUT2D eigenvalue weighted by molar-refractivity contribution is 6.16. The molecule has 10 aromatic rings. The molecule has 0 spiro atoms. The number of benzene rings is 10. The minimum atomic E-state index is -0.123. The van der Waals surface area contributed by atoms with Gasteiger partial charge in [0.1, 0.15) is 0 Å². The molecule has 0 fully saturated rings. The van der Waals surface area contributed by atoms with Crippen LogP contribution in [0.15, 0.2) is 224 Å². The van der Waals surface area contributed by atoms with Gasteiger partial charge in [-0.2, -0.15) is 0 Å². The highest BCUT2D eigenvalue weighted by atomic mass is 15.1. The third-order valence-corrected chi connectivity index (χ3v) is 12.7. The maximum atomic E-state index is 2.47. The molecule has 0 atom stereocenters. The molecule has 0 N–H and O–H groups in total. The molecular weight excluding hydrogens is 723 g/mol. The summed E-state index contributed by atoms with van der Waals surface area (Å²) in [5.74, 6) is 0. The summed E-state index contributed by atoms with van der Waals surface area (Å²) < 4.78 is 0. The van der Waals surface area contributed by atoms with E-state index in [2.05, 4.69) is 243 Å². The second-order valence-electron chi connectivity index (χ2n) is 16.5. The molecule has 10 aromatic carbocycles. The second kappa shape index (κ2) is 14.4. The van der Waals surface area contributed by atoms with E-state index in [4.69, 9.17) is 0 Å². The highest BCUT2D eigenvalue weighted by Crippen LogP contribution is 2.52. The third-order valence-electron chi connectivity index (χ3n) is 12.7. The normalized spacial score (nSPS) is 12.6. The molecule has 0 saturated carbocycles. The monoisotopic (exact) mass is 765 g/mol. The third kappa shape index (κ3) is 5.93. The molecule has 1 nitrogen and oxygen atoms in total. The number of fused-ring (bicyclic) bond motifs is 6. The molecule has 0 amide bonds. The summed E-state index contributed by atoms with van der Waals surface area (Å²) in [4.78, 5) is 2.46. The van der Waals surface area contributed by atoms with Gasteiger partial charge in [0.05, 0.1) is 5.69 Å². The Bertz CT molecular complexity index is 3110. The average Bonchev–Trinajstić information content (AvgIpc) is 3.55. The second-order valence-corrected chi connectivity index (χ2v) is 16.5. The van der Waals surface area contributed by atoms with Crippen molar-refractivity contribution in [3.63, 3.8) is 0 Å². The van der Waals surface area contributed by atoms with Crippen molar-refractivity contribution in [3.05, 3.63) is 236 Å². The van der Waals surface area contributed by atoms with Gasteiger partial charge in [-0.1, -0.05) is 196 Å². The van der Waals surface area contributed by atoms with E-state index in [0.29, 0.717) is 0 Å². The number of hydrogen-bond acceptors (Lipinski definition) is 1. The number of nitrogens with zero attached hydrogens (tertiary/aromatic N) is 1. The Kier molecular flexibility index (Phi) is 8.57. The Morgan fingerprint density at radius 3 is 1.48 bits per heavy atom. The van der Waals surface area contributed by atoms with Crippen molar-refractivity contribution in [2.24, 2.45) is 0 Å². The van der Waals surface area contributed by atoms with Crippen molar-refractivity contribution in [2.45, 2.75) is 19.3 Å². The predicted octanol–water partition coefficient (Wildman–Crippen LogP) is 16.4. The van der Waals surface area contributed by atoms with Crippen LogP contribution in [0.2, 0.25) is 0 Å². The number of anilines is 3. The van der Waals surface area contributed by atoms with Crippen LogP contribution >= 0.6 is 0 Å². The predicted molar refractivity (Wildman–Crippen MR) is 255 cm³/mol. The van der Waals surface area contributed by atoms with Gasteiger partial charge in [-0.25, -0.2) is 0 Å². The van der Waals surface area contributed by atoms with Crippen LogP contribution in [0.1, 0.15) is 25.0 Å². The SMILES string of the molecule is CC1(C)c2ccccc2-c2ccc(-c3cccc(N(c4ccc(-c5ccccc5)cc4)c4ccc(-c5ccccc5)cc4)c3-c3cc4ccccc4c4ccccc34)cc21. The Balaban J connectivity index is 1.19. The van der Waals surface area contributed by atoms with Crippen molar-refractivity contribution in [2.75, 3.05) is 4.90 Å². The average molecular weight is 766 g/mol. The lowest BCUT2D eigenvalue weighted by molar-refractivity contribution is 0.660. The summed E-state index contributed by atoms with van der Waals surface area (Å²) >= 11 is 0. The first-order valence-corrected chi connectivity index (χ1v) is 20.9. The zero-order valence-electron chi connectivity index (χ0n) is 33.8. The molecule has 0 radical (unpaired) electrons. The first kappa shape index (κ1) is 35.7. The summed E-state index contributed by atoms with van der Waals surface area (Å²) in [7, 11) is 0. The fraction of sp³-hybridized carbons (Fsp3) is 0.0508. The Hall–Kier alpha value is -7.48. The smallest absolute Gasteiger partial charge is 0.0546 e. The number of hydrogen-bond donors (Lipinski definition) is 0. The summed E-state index contributed by atoms with van der Waals surface area (Å²) in [6.07, 6.45) is 0. The van der Waals surface area contributed by atoms with E-state index in [-0.39, 0.29) is 5.41 Å². The molecule has 0 aliphatic heterocycles. The van der Waals surface area contributed by atoms with Crippen molar-refractivity contribution >= 4 is 38.6 Å². The first-order valence-electron chi connectivity index (χ1n) is 20.9. The van der Waals surface area contributed by atoms with E-state index in [1.54, 1.807) is 0 Å². The molecule has 0 heterocycles. The van der Waals surface area contributed by atoms with Gasteiger partial charge in [0.25, 0.3) is 0 Å². The van der Waals surface area contributed by atoms with Gasteiger partial charge >= 0.3 is 0 Å². The fourth-order valence-electron chi connectivity index (χ4n) is 9.68. The summed E-state index contributed by atoms with van der Waals surface area (Å²) in [5, 5.41) is 4.97. The van der Waals surface area contributed by atoms with Crippen LogP contribution in [0.3, 0.4) is 0 Å². The van der Waals surface area contributed by atoms with E-state index in [1.807, 2.05) is 0 Å². The molecule has 0 aromatic heterocycles. The standard InChI is InChI=1S/C59H43N/c1-59(2)55-26-14-13-24-52(55)53-37-32-45(39-56(53)59)49-25-15-27-57(58(49)54-38-44-20-9-10-21-48(44)50-22-11-12-23-51(50)54)60(46-33-28-42(29-34-46)40-16-5-3-6-17-40)47-35-30-43(31-36-47)41-18-7-4-8-19-41/h3-39H,1-2H3. The maximum absolute atomic E-state index is 2.47. The van der Waals surface area contributed by atoms with Crippen LogP contribution in [0, 0.1) is 0 Å². The quantitative estimate of drug-likeness (QED) is 0.146. The van der Waals surface area contributed by atoms with E-state index in [9.17, 15) is 0 Å². The molecule has 1 heteroatoms. The molecular formula is C59H43N. The molecule has 284 valence electrons. The van der Waals surface area contributed by atoms with E-state index in [1.165, 1.54) is 88.3 Å². The molecule has 1 aliphatic rings. The van der Waals surface area contributed by atoms with Crippen LogP contribution < -0.4 is 4.90 Å². The van der Waals surface area contributed by atoms with Gasteiger partial charge < -0.3 is 4.90 Å². The van der Waals surface area contributed by atoms with Gasteiger partial charge in [-0.3, -0.25) is 0 Å². The first-order chi connectivity index (χ1) is 29.5. The van der Waals surface area contributed by atoms with Gasteiger partial charge in [0, 0.05) is 22.4 Å². The molecule has 0 unspecified atom stereocenters. The van der Waals surface area contributed by atoms with Crippen LogP contribution in [-0.2, 0) is 5.41 Å².